The second-order valence-corrected chi connectivity index (χ2v) is 9.84. The molecule has 0 aliphatic carbocycles. The number of benzene rings is 3. The monoisotopic (exact) mass is 472 g/mol. The molecule has 0 radical (unpaired) electrons. The fraction of sp³-hybridized carbons (Fsp3) is 0.286. The molecule has 1 saturated heterocycles. The van der Waals surface area contributed by atoms with Crippen LogP contribution >= 0.6 is 11.3 Å². The highest BCUT2D eigenvalue weighted by molar-refractivity contribution is 7.22. The van der Waals surface area contributed by atoms with Gasteiger partial charge in [-0.25, -0.2) is 4.98 Å². The molecule has 0 spiro atoms. The first-order valence-corrected chi connectivity index (χ1v) is 12.6. The van der Waals surface area contributed by atoms with E-state index >= 15 is 0 Å². The molecule has 2 heterocycles. The Balaban J connectivity index is 1.14. The lowest BCUT2D eigenvalue weighted by Gasteiger charge is -2.31. The van der Waals surface area contributed by atoms with Crippen molar-refractivity contribution in [3.8, 4) is 16.9 Å². The Morgan fingerprint density at radius 1 is 1.00 bits per heavy atom. The van der Waals surface area contributed by atoms with E-state index in [0.717, 1.165) is 54.3 Å². The number of aromatic nitrogens is 1. The molecule has 5 nitrogen and oxygen atoms in total. The average Bonchev–Trinajstić information content (AvgIpc) is 3.28. The normalized spacial score (nSPS) is 14.4. The Morgan fingerprint density at radius 2 is 1.82 bits per heavy atom. The molecule has 1 aliphatic rings. The van der Waals surface area contributed by atoms with Crippen molar-refractivity contribution in [3.05, 3.63) is 78.4 Å². The number of piperidine rings is 1. The van der Waals surface area contributed by atoms with Crippen molar-refractivity contribution in [2.75, 3.05) is 24.6 Å². The molecule has 34 heavy (non-hydrogen) atoms. The van der Waals surface area contributed by atoms with Crippen molar-refractivity contribution >= 4 is 32.7 Å². The largest absolute Gasteiger partial charge is 0.494 e. The van der Waals surface area contributed by atoms with E-state index in [1.54, 1.807) is 11.3 Å². The van der Waals surface area contributed by atoms with Crippen molar-refractivity contribution in [2.24, 2.45) is 5.92 Å². The Kier molecular flexibility index (Phi) is 6.77. The second-order valence-electron chi connectivity index (χ2n) is 8.83. The number of carboxylic acid groups (broad SMARTS) is 1. The van der Waals surface area contributed by atoms with Crippen LogP contribution in [0.1, 0.15) is 24.8 Å². The number of carboxylic acids is 1. The smallest absolute Gasteiger partial charge is 0.307 e. The van der Waals surface area contributed by atoms with Gasteiger partial charge in [-0.3, -0.25) is 4.79 Å². The van der Waals surface area contributed by atoms with Crippen LogP contribution in [0.25, 0.3) is 21.3 Å². The molecule has 0 saturated carbocycles. The van der Waals surface area contributed by atoms with Crippen molar-refractivity contribution in [2.45, 2.75) is 25.7 Å². The van der Waals surface area contributed by atoms with Gasteiger partial charge in [0.05, 0.1) is 23.2 Å². The summed E-state index contributed by atoms with van der Waals surface area (Å²) in [6, 6.07) is 24.4. The van der Waals surface area contributed by atoms with E-state index in [-0.39, 0.29) is 6.42 Å². The zero-order valence-corrected chi connectivity index (χ0v) is 19.8. The van der Waals surface area contributed by atoms with Crippen molar-refractivity contribution < 1.29 is 14.6 Å². The van der Waals surface area contributed by atoms with Gasteiger partial charge in [0.1, 0.15) is 5.75 Å². The maximum absolute atomic E-state index is 10.9. The van der Waals surface area contributed by atoms with Crippen LogP contribution in [0.5, 0.6) is 5.75 Å². The highest BCUT2D eigenvalue weighted by atomic mass is 32.1. The van der Waals surface area contributed by atoms with Gasteiger partial charge in [-0.05, 0) is 66.1 Å². The molecular weight excluding hydrogens is 444 g/mol. The van der Waals surface area contributed by atoms with Gasteiger partial charge in [0.15, 0.2) is 5.13 Å². The number of hydrogen-bond acceptors (Lipinski definition) is 5. The first-order chi connectivity index (χ1) is 16.6. The topological polar surface area (TPSA) is 62.7 Å². The number of ether oxygens (including phenoxy) is 1. The number of rotatable bonds is 8. The summed E-state index contributed by atoms with van der Waals surface area (Å²) in [4.78, 5) is 18.2. The number of hydrogen-bond donors (Lipinski definition) is 1. The molecule has 1 aromatic heterocycles. The lowest BCUT2D eigenvalue weighted by molar-refractivity contribution is -0.136. The minimum atomic E-state index is -0.825. The standard InChI is InChI=1S/C28H28N2O3S/c31-27(32)18-21-5-4-8-24(17-21)33-16-13-20-11-14-30(15-12-20)28-29-25-10-9-23(19-26(25)34-28)22-6-2-1-3-7-22/h1-10,17,19-20H,11-16,18H2,(H,31,32). The van der Waals surface area contributed by atoms with Crippen LogP contribution in [0.3, 0.4) is 0 Å². The van der Waals surface area contributed by atoms with Gasteiger partial charge in [-0.2, -0.15) is 0 Å². The predicted molar refractivity (Wildman–Crippen MR) is 138 cm³/mol. The lowest BCUT2D eigenvalue weighted by atomic mass is 9.94. The highest BCUT2D eigenvalue weighted by Gasteiger charge is 2.22. The van der Waals surface area contributed by atoms with Gasteiger partial charge in [-0.1, -0.05) is 59.9 Å². The highest BCUT2D eigenvalue weighted by Crippen LogP contribution is 2.34. The molecule has 0 amide bonds. The molecule has 3 aromatic carbocycles. The minimum Gasteiger partial charge on any atom is -0.494 e. The van der Waals surface area contributed by atoms with Crippen molar-refractivity contribution in [3.63, 3.8) is 0 Å². The Morgan fingerprint density at radius 3 is 2.62 bits per heavy atom. The van der Waals surface area contributed by atoms with Crippen molar-refractivity contribution in [1.29, 1.82) is 0 Å². The Labute approximate surface area is 203 Å². The summed E-state index contributed by atoms with van der Waals surface area (Å²) in [6.07, 6.45) is 3.30. The van der Waals surface area contributed by atoms with E-state index in [1.165, 1.54) is 15.8 Å². The van der Waals surface area contributed by atoms with Gasteiger partial charge in [0, 0.05) is 13.1 Å². The van der Waals surface area contributed by atoms with Crippen LogP contribution in [0.4, 0.5) is 5.13 Å². The average molecular weight is 473 g/mol. The Hall–Kier alpha value is -3.38. The zero-order chi connectivity index (χ0) is 23.3. The first-order valence-electron chi connectivity index (χ1n) is 11.8. The fourth-order valence-corrected chi connectivity index (χ4v) is 5.59. The SMILES string of the molecule is O=C(O)Cc1cccc(OCCC2CCN(c3nc4ccc(-c5ccccc5)cc4s3)CC2)c1. The third-order valence-electron chi connectivity index (χ3n) is 6.42. The van der Waals surface area contributed by atoms with Crippen LogP contribution in [0, 0.1) is 5.92 Å². The molecular formula is C28H28N2O3S. The summed E-state index contributed by atoms with van der Waals surface area (Å²) in [5.74, 6) is 0.562. The number of fused-ring (bicyclic) bond motifs is 1. The van der Waals surface area contributed by atoms with E-state index in [1.807, 2.05) is 30.3 Å². The van der Waals surface area contributed by atoms with Crippen LogP contribution in [-0.2, 0) is 11.2 Å². The van der Waals surface area contributed by atoms with Crippen LogP contribution in [-0.4, -0.2) is 35.8 Å². The summed E-state index contributed by atoms with van der Waals surface area (Å²) in [5.41, 5.74) is 4.30. The van der Waals surface area contributed by atoms with Gasteiger partial charge in [-0.15, -0.1) is 0 Å². The second kappa shape index (κ2) is 10.3. The number of thiazole rings is 1. The molecule has 5 rings (SSSR count). The molecule has 0 atom stereocenters. The summed E-state index contributed by atoms with van der Waals surface area (Å²) in [7, 11) is 0. The van der Waals surface area contributed by atoms with Crippen LogP contribution in [0.2, 0.25) is 0 Å². The maximum atomic E-state index is 10.9. The van der Waals surface area contributed by atoms with Crippen LogP contribution in [0.15, 0.2) is 72.8 Å². The molecule has 174 valence electrons. The van der Waals surface area contributed by atoms with E-state index in [2.05, 4.69) is 47.4 Å². The number of nitrogens with zero attached hydrogens (tertiary/aromatic N) is 2. The van der Waals surface area contributed by atoms with Crippen LogP contribution < -0.4 is 9.64 Å². The molecule has 1 fully saturated rings. The predicted octanol–water partition coefficient (Wildman–Crippen LogP) is 6.28. The molecule has 6 heteroatoms. The quantitative estimate of drug-likeness (QED) is 0.327. The van der Waals surface area contributed by atoms with Gasteiger partial charge < -0.3 is 14.7 Å². The van der Waals surface area contributed by atoms with Crippen molar-refractivity contribution in [1.82, 2.24) is 4.98 Å². The fourth-order valence-electron chi connectivity index (χ4n) is 4.53. The van der Waals surface area contributed by atoms with E-state index in [9.17, 15) is 4.79 Å². The van der Waals surface area contributed by atoms with E-state index < -0.39 is 5.97 Å². The number of carbonyl (C=O) groups is 1. The summed E-state index contributed by atoms with van der Waals surface area (Å²) in [5, 5.41) is 10.1. The summed E-state index contributed by atoms with van der Waals surface area (Å²) in [6.45, 7) is 2.69. The molecule has 4 aromatic rings. The third-order valence-corrected chi connectivity index (χ3v) is 7.50. The van der Waals surface area contributed by atoms with Gasteiger partial charge >= 0.3 is 5.97 Å². The summed E-state index contributed by atoms with van der Waals surface area (Å²) < 4.78 is 7.15. The number of anilines is 1. The maximum Gasteiger partial charge on any atom is 0.307 e. The molecule has 0 bridgehead atoms. The lowest BCUT2D eigenvalue weighted by Crippen LogP contribution is -2.34. The number of aliphatic carboxylic acids is 1. The molecule has 1 aliphatic heterocycles. The summed E-state index contributed by atoms with van der Waals surface area (Å²) >= 11 is 1.78. The minimum absolute atomic E-state index is 0.0228. The third kappa shape index (κ3) is 5.39. The zero-order valence-electron chi connectivity index (χ0n) is 19.0. The van der Waals surface area contributed by atoms with E-state index in [0.29, 0.717) is 12.5 Å². The van der Waals surface area contributed by atoms with E-state index in [4.69, 9.17) is 14.8 Å². The van der Waals surface area contributed by atoms with Gasteiger partial charge in [0.2, 0.25) is 0 Å². The van der Waals surface area contributed by atoms with Gasteiger partial charge in [0.25, 0.3) is 0 Å². The molecule has 1 N–H and O–H groups in total. The Bertz CT molecular complexity index is 1260. The first kappa shape index (κ1) is 22.4. The molecule has 0 unspecified atom stereocenters.